The zero-order valence-electron chi connectivity index (χ0n) is 20.0. The van der Waals surface area contributed by atoms with E-state index < -0.39 is 23.1 Å². The lowest BCUT2D eigenvalue weighted by Gasteiger charge is -2.50. The van der Waals surface area contributed by atoms with E-state index in [-0.39, 0.29) is 41.9 Å². The Hall–Kier alpha value is -2.78. The van der Waals surface area contributed by atoms with Gasteiger partial charge in [0.25, 0.3) is 11.5 Å². The standard InChI is InChI=1S/C26H28ClF3N2O4/c1-35-21-9-4-3-8-19(21)20-16-31-22(33)15-24(20)10-12-32(13-11-24)23(34)25(36-2,26(28,29)30)17-6-5-7-18(27)14-17/h3-9,14,20H,10-13,15-16H2,1-2H3,(H,31,33). The fourth-order valence-electron chi connectivity index (χ4n) is 5.67. The molecule has 6 nitrogen and oxygen atoms in total. The van der Waals surface area contributed by atoms with Crippen molar-refractivity contribution in [3.63, 3.8) is 0 Å². The lowest BCUT2D eigenvalue weighted by atomic mass is 9.62. The van der Waals surface area contributed by atoms with Gasteiger partial charge in [0, 0.05) is 49.7 Å². The second-order valence-corrected chi connectivity index (χ2v) is 9.76. The first-order valence-corrected chi connectivity index (χ1v) is 12.0. The van der Waals surface area contributed by atoms with E-state index >= 15 is 0 Å². The minimum atomic E-state index is -5.02. The predicted molar refractivity (Wildman–Crippen MR) is 128 cm³/mol. The van der Waals surface area contributed by atoms with Crippen molar-refractivity contribution in [1.29, 1.82) is 0 Å². The van der Waals surface area contributed by atoms with Crippen LogP contribution in [0.1, 0.15) is 36.3 Å². The zero-order valence-corrected chi connectivity index (χ0v) is 20.8. The van der Waals surface area contributed by atoms with E-state index in [1.807, 2.05) is 24.3 Å². The second-order valence-electron chi connectivity index (χ2n) is 9.32. The molecule has 4 rings (SSSR count). The number of alkyl halides is 3. The number of ether oxygens (including phenoxy) is 2. The minimum Gasteiger partial charge on any atom is -0.496 e. The summed E-state index contributed by atoms with van der Waals surface area (Å²) in [6.07, 6.45) is -4.08. The summed E-state index contributed by atoms with van der Waals surface area (Å²) in [6.45, 7) is 0.499. The van der Waals surface area contributed by atoms with Crippen LogP contribution in [0.2, 0.25) is 5.02 Å². The summed E-state index contributed by atoms with van der Waals surface area (Å²) in [5.74, 6) is -0.718. The Morgan fingerprint density at radius 2 is 1.81 bits per heavy atom. The SMILES string of the molecule is COc1ccccc1C1CNC(=O)CC12CCN(C(=O)C(OC)(c1cccc(Cl)c1)C(F)(F)F)CC2. The number of carbonyl (C=O) groups excluding carboxylic acids is 2. The first-order valence-electron chi connectivity index (χ1n) is 11.6. The predicted octanol–water partition coefficient (Wildman–Crippen LogP) is 4.67. The van der Waals surface area contributed by atoms with E-state index in [0.29, 0.717) is 25.1 Å². The molecule has 2 aliphatic heterocycles. The first kappa shape index (κ1) is 26.3. The van der Waals surface area contributed by atoms with Gasteiger partial charge in [0.2, 0.25) is 5.91 Å². The summed E-state index contributed by atoms with van der Waals surface area (Å²) in [5.41, 5.74) is -3.15. The number of hydrogen-bond acceptors (Lipinski definition) is 4. The Morgan fingerprint density at radius 1 is 1.11 bits per heavy atom. The van der Waals surface area contributed by atoms with Crippen LogP contribution in [-0.4, -0.2) is 56.7 Å². The summed E-state index contributed by atoms with van der Waals surface area (Å²) in [4.78, 5) is 27.2. The van der Waals surface area contributed by atoms with Gasteiger partial charge in [-0.05, 0) is 42.0 Å². The largest absolute Gasteiger partial charge is 0.496 e. The van der Waals surface area contributed by atoms with E-state index in [9.17, 15) is 22.8 Å². The first-order chi connectivity index (χ1) is 17.1. The highest BCUT2D eigenvalue weighted by Crippen LogP contribution is 2.52. The number of carbonyl (C=O) groups is 2. The molecule has 0 bridgehead atoms. The van der Waals surface area contributed by atoms with Crippen LogP contribution in [-0.2, 0) is 19.9 Å². The van der Waals surface area contributed by atoms with Crippen LogP contribution in [0.25, 0.3) is 0 Å². The van der Waals surface area contributed by atoms with Crippen molar-refractivity contribution >= 4 is 23.4 Å². The van der Waals surface area contributed by atoms with Crippen molar-refractivity contribution in [3.8, 4) is 5.75 Å². The lowest BCUT2D eigenvalue weighted by Crippen LogP contribution is -2.60. The van der Waals surface area contributed by atoms with Gasteiger partial charge in [-0.3, -0.25) is 9.59 Å². The molecule has 2 heterocycles. The van der Waals surface area contributed by atoms with Gasteiger partial charge in [0.15, 0.2) is 0 Å². The Balaban J connectivity index is 1.65. The van der Waals surface area contributed by atoms with Gasteiger partial charge in [-0.2, -0.15) is 13.2 Å². The molecule has 2 unspecified atom stereocenters. The van der Waals surface area contributed by atoms with Gasteiger partial charge in [0.05, 0.1) is 7.11 Å². The van der Waals surface area contributed by atoms with E-state index in [4.69, 9.17) is 21.1 Å². The molecule has 2 saturated heterocycles. The molecule has 1 N–H and O–H groups in total. The van der Waals surface area contributed by atoms with Gasteiger partial charge < -0.3 is 19.7 Å². The number of halogens is 4. The molecule has 0 radical (unpaired) electrons. The number of para-hydroxylation sites is 1. The fraction of sp³-hybridized carbons (Fsp3) is 0.462. The molecule has 1 spiro atoms. The number of nitrogens with zero attached hydrogens (tertiary/aromatic N) is 1. The summed E-state index contributed by atoms with van der Waals surface area (Å²) >= 11 is 5.96. The van der Waals surface area contributed by atoms with Crippen LogP contribution in [0.15, 0.2) is 48.5 Å². The molecule has 0 aromatic heterocycles. The third-order valence-corrected chi connectivity index (χ3v) is 7.79. The molecule has 2 amide bonds. The maximum atomic E-state index is 14.5. The Labute approximate surface area is 212 Å². The normalized spacial score (nSPS) is 21.6. The number of hydrogen-bond donors (Lipinski definition) is 1. The molecule has 2 aromatic carbocycles. The molecular weight excluding hydrogens is 497 g/mol. The van der Waals surface area contributed by atoms with E-state index in [1.165, 1.54) is 23.1 Å². The van der Waals surface area contributed by atoms with Gasteiger partial charge in [-0.25, -0.2) is 0 Å². The Bertz CT molecular complexity index is 1130. The Morgan fingerprint density at radius 3 is 2.42 bits per heavy atom. The van der Waals surface area contributed by atoms with Gasteiger partial charge in [-0.15, -0.1) is 0 Å². The number of nitrogens with one attached hydrogen (secondary N) is 1. The molecule has 2 aromatic rings. The average molecular weight is 525 g/mol. The maximum Gasteiger partial charge on any atom is 0.430 e. The van der Waals surface area contributed by atoms with Crippen LogP contribution in [0.3, 0.4) is 0 Å². The van der Waals surface area contributed by atoms with Crippen molar-refractivity contribution in [2.24, 2.45) is 5.41 Å². The summed E-state index contributed by atoms with van der Waals surface area (Å²) in [6, 6.07) is 12.6. The highest BCUT2D eigenvalue weighted by molar-refractivity contribution is 6.30. The molecule has 0 saturated carbocycles. The fourth-order valence-corrected chi connectivity index (χ4v) is 5.86. The molecule has 2 aliphatic rings. The van der Waals surface area contributed by atoms with Crippen molar-refractivity contribution < 1.29 is 32.2 Å². The quantitative estimate of drug-likeness (QED) is 0.617. The van der Waals surface area contributed by atoms with Crippen LogP contribution < -0.4 is 10.1 Å². The molecule has 2 atom stereocenters. The Kier molecular flexibility index (Phi) is 7.26. The number of rotatable bonds is 5. The topological polar surface area (TPSA) is 67.9 Å². The highest BCUT2D eigenvalue weighted by atomic mass is 35.5. The number of piperidine rings is 2. The van der Waals surface area contributed by atoms with Crippen molar-refractivity contribution in [2.45, 2.75) is 37.0 Å². The van der Waals surface area contributed by atoms with Gasteiger partial charge in [-0.1, -0.05) is 41.9 Å². The van der Waals surface area contributed by atoms with E-state index in [1.54, 1.807) is 7.11 Å². The zero-order chi connectivity index (χ0) is 26.1. The van der Waals surface area contributed by atoms with Crippen molar-refractivity contribution in [2.75, 3.05) is 33.9 Å². The number of amides is 2. The highest BCUT2D eigenvalue weighted by Gasteiger charge is 2.64. The molecule has 194 valence electrons. The average Bonchev–Trinajstić information content (AvgIpc) is 2.84. The van der Waals surface area contributed by atoms with Crippen LogP contribution >= 0.6 is 11.6 Å². The van der Waals surface area contributed by atoms with Gasteiger partial charge >= 0.3 is 6.18 Å². The molecular formula is C26H28ClF3N2O4. The van der Waals surface area contributed by atoms with Crippen LogP contribution in [0.5, 0.6) is 5.75 Å². The molecule has 36 heavy (non-hydrogen) atoms. The summed E-state index contributed by atoms with van der Waals surface area (Å²) in [5, 5.41) is 2.98. The number of methoxy groups -OCH3 is 2. The summed E-state index contributed by atoms with van der Waals surface area (Å²) in [7, 11) is 2.45. The lowest BCUT2D eigenvalue weighted by molar-refractivity contribution is -0.271. The third-order valence-electron chi connectivity index (χ3n) is 7.55. The smallest absolute Gasteiger partial charge is 0.430 e. The van der Waals surface area contributed by atoms with Crippen LogP contribution in [0, 0.1) is 5.41 Å². The third kappa shape index (κ3) is 4.43. The monoisotopic (exact) mass is 524 g/mol. The minimum absolute atomic E-state index is 0.0551. The van der Waals surface area contributed by atoms with Crippen molar-refractivity contribution in [3.05, 3.63) is 64.7 Å². The number of benzene rings is 2. The second kappa shape index (κ2) is 9.94. The van der Waals surface area contributed by atoms with E-state index in [2.05, 4.69) is 5.32 Å². The van der Waals surface area contributed by atoms with Gasteiger partial charge in [0.1, 0.15) is 5.75 Å². The van der Waals surface area contributed by atoms with Crippen LogP contribution in [0.4, 0.5) is 13.2 Å². The maximum absolute atomic E-state index is 14.5. The molecule has 0 aliphatic carbocycles. The molecule has 10 heteroatoms. The molecule has 2 fully saturated rings. The number of likely N-dealkylation sites (tertiary alicyclic amines) is 1. The summed E-state index contributed by atoms with van der Waals surface area (Å²) < 4.78 is 54.0. The van der Waals surface area contributed by atoms with E-state index in [0.717, 1.165) is 18.7 Å². The van der Waals surface area contributed by atoms with Crippen molar-refractivity contribution in [1.82, 2.24) is 10.2 Å².